The minimum Gasteiger partial charge on any atom is -0.362 e. The summed E-state index contributed by atoms with van der Waals surface area (Å²) in [4.78, 5) is 43.0. The molecule has 2 saturated heterocycles. The Bertz CT molecular complexity index is 1210. The number of carbonyl (C=O) groups is 3. The van der Waals surface area contributed by atoms with E-state index in [2.05, 4.69) is 10.1 Å². The number of benzene rings is 1. The van der Waals surface area contributed by atoms with E-state index in [1.807, 2.05) is 10.6 Å². The molecule has 2 aromatic rings. The number of hydrogen-bond donors (Lipinski definition) is 2. The van der Waals surface area contributed by atoms with Crippen LogP contribution in [-0.2, 0) is 20.7 Å². The molecule has 2 N–H and O–H groups in total. The lowest BCUT2D eigenvalue weighted by Crippen LogP contribution is -2.76. The van der Waals surface area contributed by atoms with Crippen molar-refractivity contribution in [3.05, 3.63) is 29.4 Å². The number of carbonyl (C=O) groups excluding carboxylic acids is 3. The number of nitrogens with one attached hydrogen (secondary N) is 2. The quantitative estimate of drug-likeness (QED) is 0.463. The minimum absolute atomic E-state index is 0.0200. The largest absolute Gasteiger partial charge is 0.416 e. The van der Waals surface area contributed by atoms with Gasteiger partial charge in [-0.05, 0) is 24.6 Å². The van der Waals surface area contributed by atoms with Gasteiger partial charge in [-0.1, -0.05) is 5.16 Å². The standard InChI is InChI=1S/C20H17F4N5O5/c1-7-14-19(16(30)26-18(32)27-17(19)31)5-10-3-9(15-25-8(2)34-28-15)4-11(21)13(10)29(14)6-12(33-7)20(22,23)24/h3-4,7,12,14H,5-6H2,1-2H3,(H2,26,27,30,31,32)/t7-,12-,14+/m0/s1. The van der Waals surface area contributed by atoms with E-state index in [1.54, 1.807) is 0 Å². The number of nitrogens with zero attached hydrogens (tertiary/aromatic N) is 3. The normalized spacial score (nSPS) is 26.1. The zero-order chi connectivity index (χ0) is 24.6. The fourth-order valence-electron chi connectivity index (χ4n) is 5.06. The molecule has 14 heteroatoms. The number of imide groups is 2. The molecule has 10 nitrogen and oxygen atoms in total. The van der Waals surface area contributed by atoms with Crippen molar-refractivity contribution in [2.45, 2.75) is 44.7 Å². The van der Waals surface area contributed by atoms with Gasteiger partial charge in [-0.25, -0.2) is 9.18 Å². The van der Waals surface area contributed by atoms with Gasteiger partial charge in [0.2, 0.25) is 23.5 Å². The Balaban J connectivity index is 1.71. The van der Waals surface area contributed by atoms with Crippen LogP contribution in [0.25, 0.3) is 11.4 Å². The van der Waals surface area contributed by atoms with Crippen molar-refractivity contribution in [2.75, 3.05) is 11.4 Å². The number of halogens is 4. The van der Waals surface area contributed by atoms with Gasteiger partial charge in [-0.15, -0.1) is 0 Å². The fraction of sp³-hybridized carbons (Fsp3) is 0.450. The molecule has 3 aliphatic rings. The topological polar surface area (TPSA) is 127 Å². The van der Waals surface area contributed by atoms with Crippen molar-refractivity contribution in [3.63, 3.8) is 0 Å². The van der Waals surface area contributed by atoms with Gasteiger partial charge in [-0.2, -0.15) is 18.2 Å². The second-order valence-corrected chi connectivity index (χ2v) is 8.46. The highest BCUT2D eigenvalue weighted by molar-refractivity contribution is 6.20. The number of aromatic nitrogens is 2. The molecule has 0 aliphatic carbocycles. The summed E-state index contributed by atoms with van der Waals surface area (Å²) in [6.45, 7) is 1.93. The Morgan fingerprint density at radius 3 is 2.44 bits per heavy atom. The van der Waals surface area contributed by atoms with E-state index in [9.17, 15) is 27.6 Å². The summed E-state index contributed by atoms with van der Waals surface area (Å²) >= 11 is 0. The van der Waals surface area contributed by atoms with Crippen LogP contribution in [0.4, 0.5) is 28.0 Å². The van der Waals surface area contributed by atoms with Gasteiger partial charge in [0.25, 0.3) is 0 Å². The second kappa shape index (κ2) is 7.22. The van der Waals surface area contributed by atoms with Crippen molar-refractivity contribution >= 4 is 23.5 Å². The lowest BCUT2D eigenvalue weighted by Gasteiger charge is -2.55. The number of alkyl halides is 3. The highest BCUT2D eigenvalue weighted by Gasteiger charge is 2.65. The molecule has 0 bridgehead atoms. The number of amides is 4. The van der Waals surface area contributed by atoms with E-state index in [1.165, 1.54) is 19.9 Å². The van der Waals surface area contributed by atoms with E-state index in [-0.39, 0.29) is 28.5 Å². The van der Waals surface area contributed by atoms with Crippen LogP contribution >= 0.6 is 0 Å². The molecule has 1 spiro atoms. The van der Waals surface area contributed by atoms with Gasteiger partial charge in [0.15, 0.2) is 11.5 Å². The summed E-state index contributed by atoms with van der Waals surface area (Å²) in [5, 5.41) is 7.74. The van der Waals surface area contributed by atoms with Crippen molar-refractivity contribution in [1.29, 1.82) is 0 Å². The molecule has 34 heavy (non-hydrogen) atoms. The van der Waals surface area contributed by atoms with Crippen LogP contribution in [0.15, 0.2) is 16.7 Å². The zero-order valence-corrected chi connectivity index (χ0v) is 17.7. The lowest BCUT2D eigenvalue weighted by atomic mass is 9.66. The molecule has 0 saturated carbocycles. The maximum Gasteiger partial charge on any atom is 0.416 e. The Kier molecular flexibility index (Phi) is 4.73. The number of fused-ring (bicyclic) bond motifs is 4. The summed E-state index contributed by atoms with van der Waals surface area (Å²) in [7, 11) is 0. The van der Waals surface area contributed by atoms with Crippen LogP contribution in [-0.4, -0.2) is 59.0 Å². The number of rotatable bonds is 1. The average molecular weight is 483 g/mol. The van der Waals surface area contributed by atoms with Crippen molar-refractivity contribution in [1.82, 2.24) is 20.8 Å². The van der Waals surface area contributed by atoms with E-state index in [0.717, 1.165) is 11.0 Å². The SMILES string of the molecule is Cc1nc(-c2cc(F)c3c(c2)CC2(C(=O)NC(=O)NC2=O)[C@H]2[C@H](C)O[C@H](C(F)(F)F)CN32)no1. The first-order chi connectivity index (χ1) is 15.9. The summed E-state index contributed by atoms with van der Waals surface area (Å²) in [6, 6.07) is 0.0587. The fourth-order valence-corrected chi connectivity index (χ4v) is 5.06. The van der Waals surface area contributed by atoms with Crippen LogP contribution in [0.5, 0.6) is 0 Å². The number of aryl methyl sites for hydroxylation is 1. The zero-order valence-electron chi connectivity index (χ0n) is 17.7. The monoisotopic (exact) mass is 483 g/mol. The van der Waals surface area contributed by atoms with Crippen molar-refractivity contribution < 1.29 is 41.2 Å². The van der Waals surface area contributed by atoms with Gasteiger partial charge >= 0.3 is 12.2 Å². The summed E-state index contributed by atoms with van der Waals surface area (Å²) in [5.41, 5.74) is -2.04. The molecule has 3 atom stereocenters. The first-order valence-electron chi connectivity index (χ1n) is 10.2. The minimum atomic E-state index is -4.78. The van der Waals surface area contributed by atoms with Gasteiger partial charge in [0.1, 0.15) is 5.82 Å². The molecular weight excluding hydrogens is 466 g/mol. The molecule has 1 aromatic carbocycles. The number of anilines is 1. The summed E-state index contributed by atoms with van der Waals surface area (Å²) < 4.78 is 66.3. The Hall–Kier alpha value is -3.55. The molecule has 0 radical (unpaired) electrons. The van der Waals surface area contributed by atoms with Gasteiger partial charge in [0, 0.05) is 18.9 Å². The Labute approximate surface area is 188 Å². The average Bonchev–Trinajstić information content (AvgIpc) is 3.16. The van der Waals surface area contributed by atoms with E-state index in [0.29, 0.717) is 0 Å². The van der Waals surface area contributed by atoms with Crippen LogP contribution < -0.4 is 15.5 Å². The van der Waals surface area contributed by atoms with Crippen LogP contribution in [0.3, 0.4) is 0 Å². The van der Waals surface area contributed by atoms with Crippen molar-refractivity contribution in [2.24, 2.45) is 5.41 Å². The maximum atomic E-state index is 15.5. The molecule has 0 unspecified atom stereocenters. The number of barbiturate groups is 1. The lowest BCUT2D eigenvalue weighted by molar-refractivity contribution is -0.242. The number of morpholine rings is 1. The Morgan fingerprint density at radius 2 is 1.85 bits per heavy atom. The molecule has 1 aromatic heterocycles. The smallest absolute Gasteiger partial charge is 0.362 e. The number of hydrogen-bond acceptors (Lipinski definition) is 8. The molecule has 5 rings (SSSR count). The van der Waals surface area contributed by atoms with Gasteiger partial charge in [-0.3, -0.25) is 20.2 Å². The number of urea groups is 1. The molecule has 2 fully saturated rings. The summed E-state index contributed by atoms with van der Waals surface area (Å²) in [6.07, 6.45) is -8.80. The highest BCUT2D eigenvalue weighted by atomic mass is 19.4. The van der Waals surface area contributed by atoms with Crippen LogP contribution in [0.2, 0.25) is 0 Å². The third-order valence-electron chi connectivity index (χ3n) is 6.34. The van der Waals surface area contributed by atoms with Gasteiger partial charge < -0.3 is 14.2 Å². The molecular formula is C20H17F4N5O5. The number of ether oxygens (including phenoxy) is 1. The predicted molar refractivity (Wildman–Crippen MR) is 104 cm³/mol. The molecule has 4 heterocycles. The van der Waals surface area contributed by atoms with Gasteiger partial charge in [0.05, 0.1) is 24.4 Å². The molecule has 180 valence electrons. The molecule has 4 amide bonds. The van der Waals surface area contributed by atoms with E-state index >= 15 is 4.39 Å². The van der Waals surface area contributed by atoms with Crippen LogP contribution in [0.1, 0.15) is 18.4 Å². The maximum absolute atomic E-state index is 15.5. The first-order valence-corrected chi connectivity index (χ1v) is 10.2. The van der Waals surface area contributed by atoms with Crippen molar-refractivity contribution in [3.8, 4) is 11.4 Å². The van der Waals surface area contributed by atoms with Crippen LogP contribution in [0, 0.1) is 18.2 Å². The highest BCUT2D eigenvalue weighted by Crippen LogP contribution is 2.49. The third-order valence-corrected chi connectivity index (χ3v) is 6.34. The van der Waals surface area contributed by atoms with E-state index in [4.69, 9.17) is 9.26 Å². The predicted octanol–water partition coefficient (Wildman–Crippen LogP) is 1.62. The molecule has 3 aliphatic heterocycles. The third kappa shape index (κ3) is 3.15. The second-order valence-electron chi connectivity index (χ2n) is 8.46. The first kappa shape index (κ1) is 22.3. The summed E-state index contributed by atoms with van der Waals surface area (Å²) in [5.74, 6) is -2.69. The Morgan fingerprint density at radius 1 is 1.18 bits per heavy atom. The van der Waals surface area contributed by atoms with E-state index < -0.39 is 66.5 Å².